The van der Waals surface area contributed by atoms with Gasteiger partial charge in [-0.3, -0.25) is 4.79 Å². The number of hydrazone groups is 1. The molecule has 0 bridgehead atoms. The molecular weight excluding hydrogens is 562 g/mol. The van der Waals surface area contributed by atoms with Gasteiger partial charge in [-0.2, -0.15) is 9.41 Å². The second-order valence-corrected chi connectivity index (χ2v) is 10.5. The largest absolute Gasteiger partial charge is 0.494 e. The Morgan fingerprint density at radius 2 is 1.90 bits per heavy atom. The van der Waals surface area contributed by atoms with Gasteiger partial charge in [0, 0.05) is 11.6 Å². The van der Waals surface area contributed by atoms with E-state index >= 15 is 0 Å². The van der Waals surface area contributed by atoms with E-state index in [1.54, 1.807) is 19.2 Å². The molecule has 0 radical (unpaired) electrons. The van der Waals surface area contributed by atoms with E-state index in [1.807, 2.05) is 0 Å². The third kappa shape index (κ3) is 5.05. The fourth-order valence-electron chi connectivity index (χ4n) is 3.13. The summed E-state index contributed by atoms with van der Waals surface area (Å²) >= 11 is 12.7. The number of hydrogen-bond donors (Lipinski definition) is 1. The number of hydrogen-bond acceptors (Lipinski definition) is 5. The lowest BCUT2D eigenvalue weighted by atomic mass is 10.2. The maximum Gasteiger partial charge on any atom is 0.258 e. The van der Waals surface area contributed by atoms with Crippen molar-refractivity contribution in [3.05, 3.63) is 55.9 Å². The van der Waals surface area contributed by atoms with Crippen LogP contribution in [-0.2, 0) is 14.8 Å². The highest BCUT2D eigenvalue weighted by Gasteiger charge is 2.39. The summed E-state index contributed by atoms with van der Waals surface area (Å²) in [6, 6.07) is 8.63. The Kier molecular flexibility index (Phi) is 7.56. The van der Waals surface area contributed by atoms with Gasteiger partial charge in [0.05, 0.1) is 27.2 Å². The lowest BCUT2D eigenvalue weighted by molar-refractivity contribution is -0.124. The third-order valence-electron chi connectivity index (χ3n) is 4.54. The average Bonchev–Trinajstić information content (AvgIpc) is 3.19. The third-order valence-corrected chi connectivity index (χ3v) is 7.89. The molecule has 2 aromatic rings. The average molecular weight is 580 g/mol. The van der Waals surface area contributed by atoms with Crippen molar-refractivity contribution in [1.82, 2.24) is 9.73 Å². The molecule has 0 saturated carbocycles. The molecule has 11 heteroatoms. The molecular formula is C19H18Br2ClN3O4S. The van der Waals surface area contributed by atoms with Gasteiger partial charge in [0.15, 0.2) is 0 Å². The number of benzene rings is 2. The molecule has 1 N–H and O–H groups in total. The van der Waals surface area contributed by atoms with E-state index < -0.39 is 22.0 Å². The Morgan fingerprint density at radius 1 is 1.27 bits per heavy atom. The minimum Gasteiger partial charge on any atom is -0.494 e. The van der Waals surface area contributed by atoms with E-state index in [0.717, 1.165) is 8.95 Å². The van der Waals surface area contributed by atoms with Crippen molar-refractivity contribution in [1.29, 1.82) is 0 Å². The zero-order valence-electron chi connectivity index (χ0n) is 15.8. The van der Waals surface area contributed by atoms with Crippen molar-refractivity contribution in [2.75, 3.05) is 13.7 Å². The fraction of sp³-hybridized carbons (Fsp3) is 0.263. The normalized spacial score (nSPS) is 17.4. The van der Waals surface area contributed by atoms with E-state index in [2.05, 4.69) is 42.4 Å². The van der Waals surface area contributed by atoms with Gasteiger partial charge >= 0.3 is 0 Å². The quantitative estimate of drug-likeness (QED) is 0.411. The summed E-state index contributed by atoms with van der Waals surface area (Å²) in [7, 11) is -2.25. The Morgan fingerprint density at radius 3 is 2.50 bits per heavy atom. The highest BCUT2D eigenvalue weighted by molar-refractivity contribution is 9.11. The van der Waals surface area contributed by atoms with Crippen molar-refractivity contribution < 1.29 is 17.9 Å². The number of ether oxygens (including phenoxy) is 1. The van der Waals surface area contributed by atoms with Gasteiger partial charge in [-0.1, -0.05) is 11.6 Å². The minimum atomic E-state index is -3.81. The van der Waals surface area contributed by atoms with E-state index in [9.17, 15) is 13.2 Å². The lowest BCUT2D eigenvalue weighted by Crippen LogP contribution is -2.44. The number of rotatable bonds is 6. The van der Waals surface area contributed by atoms with Gasteiger partial charge in [-0.05, 0) is 86.7 Å². The fourth-order valence-corrected chi connectivity index (χ4v) is 6.45. The van der Waals surface area contributed by atoms with Crippen LogP contribution in [-0.4, -0.2) is 44.5 Å². The second kappa shape index (κ2) is 9.78. The molecule has 1 amide bonds. The molecule has 1 aliphatic heterocycles. The number of halogens is 3. The summed E-state index contributed by atoms with van der Waals surface area (Å²) in [5.41, 5.74) is 3.16. The number of nitrogens with zero attached hydrogens (tertiary/aromatic N) is 2. The van der Waals surface area contributed by atoms with Crippen molar-refractivity contribution in [3.63, 3.8) is 0 Å². The molecule has 0 spiro atoms. The van der Waals surface area contributed by atoms with Crippen LogP contribution in [0.5, 0.6) is 5.75 Å². The first-order valence-corrected chi connectivity index (χ1v) is 12.3. The maximum absolute atomic E-state index is 12.9. The lowest BCUT2D eigenvalue weighted by Gasteiger charge is -2.22. The number of amides is 1. The van der Waals surface area contributed by atoms with Crippen molar-refractivity contribution in [2.45, 2.75) is 23.8 Å². The number of carbonyl (C=O) groups is 1. The van der Waals surface area contributed by atoms with Gasteiger partial charge in [0.1, 0.15) is 11.8 Å². The first kappa shape index (κ1) is 23.2. The number of carbonyl (C=O) groups excluding carboxylic acids is 1. The number of methoxy groups -OCH3 is 1. The highest BCUT2D eigenvalue weighted by Crippen LogP contribution is 2.34. The van der Waals surface area contributed by atoms with E-state index in [4.69, 9.17) is 16.3 Å². The number of sulfonamides is 1. The van der Waals surface area contributed by atoms with Gasteiger partial charge in [-0.15, -0.1) is 0 Å². The Balaban J connectivity index is 1.72. The van der Waals surface area contributed by atoms with Crippen LogP contribution in [0, 0.1) is 0 Å². The van der Waals surface area contributed by atoms with Crippen LogP contribution in [0.15, 0.2) is 55.3 Å². The summed E-state index contributed by atoms with van der Waals surface area (Å²) in [5, 5.41) is 4.42. The molecule has 7 nitrogen and oxygen atoms in total. The van der Waals surface area contributed by atoms with Gasteiger partial charge < -0.3 is 4.74 Å². The van der Waals surface area contributed by atoms with E-state index in [0.29, 0.717) is 29.2 Å². The zero-order valence-corrected chi connectivity index (χ0v) is 20.6. The summed E-state index contributed by atoms with van der Waals surface area (Å²) in [4.78, 5) is 12.7. The Labute approximate surface area is 196 Å². The van der Waals surface area contributed by atoms with Crippen molar-refractivity contribution in [3.8, 4) is 5.75 Å². The predicted molar refractivity (Wildman–Crippen MR) is 122 cm³/mol. The van der Waals surface area contributed by atoms with E-state index in [1.165, 1.54) is 34.8 Å². The molecule has 1 saturated heterocycles. The SMILES string of the molecule is COc1c(Br)cc(/C=N\NC(=O)[C@H]2CCCN2S(=O)(=O)c2ccc(Cl)cc2)cc1Br. The topological polar surface area (TPSA) is 88.1 Å². The smallest absolute Gasteiger partial charge is 0.258 e. The standard InChI is InChI=1S/C19H18Br2ClN3O4S/c1-29-18-15(20)9-12(10-16(18)21)11-23-24-19(26)17-3-2-8-25(17)30(27,28)14-6-4-13(22)5-7-14/h4-7,9-11,17H,2-3,8H2,1H3,(H,24,26)/b23-11-/t17-/m1/s1. The molecule has 0 unspecified atom stereocenters. The summed E-state index contributed by atoms with van der Waals surface area (Å²) < 4.78 is 33.8. The van der Waals surface area contributed by atoms with Crippen molar-refractivity contribution in [2.24, 2.45) is 5.10 Å². The van der Waals surface area contributed by atoms with Crippen LogP contribution >= 0.6 is 43.5 Å². The predicted octanol–water partition coefficient (Wildman–Crippen LogP) is 4.18. The summed E-state index contributed by atoms with van der Waals surface area (Å²) in [6.45, 7) is 0.269. The van der Waals surface area contributed by atoms with Crippen LogP contribution in [0.1, 0.15) is 18.4 Å². The maximum atomic E-state index is 12.9. The van der Waals surface area contributed by atoms with Crippen LogP contribution < -0.4 is 10.2 Å². The first-order valence-electron chi connectivity index (χ1n) is 8.87. The number of nitrogens with one attached hydrogen (secondary N) is 1. The second-order valence-electron chi connectivity index (χ2n) is 6.48. The molecule has 2 aromatic carbocycles. The van der Waals surface area contributed by atoms with E-state index in [-0.39, 0.29) is 11.4 Å². The molecule has 1 fully saturated rings. The summed E-state index contributed by atoms with van der Waals surface area (Å²) in [5.74, 6) is 0.165. The summed E-state index contributed by atoms with van der Waals surface area (Å²) in [6.07, 6.45) is 2.49. The first-order chi connectivity index (χ1) is 14.2. The molecule has 30 heavy (non-hydrogen) atoms. The molecule has 3 rings (SSSR count). The van der Waals surface area contributed by atoms with Crippen molar-refractivity contribution >= 4 is 65.6 Å². The molecule has 1 atom stereocenters. The molecule has 0 aromatic heterocycles. The van der Waals surface area contributed by atoms with Crippen LogP contribution in [0.3, 0.4) is 0 Å². The zero-order chi connectivity index (χ0) is 21.9. The highest BCUT2D eigenvalue weighted by atomic mass is 79.9. The monoisotopic (exact) mass is 577 g/mol. The van der Waals surface area contributed by atoms with Crippen LogP contribution in [0.4, 0.5) is 0 Å². The van der Waals surface area contributed by atoms with Gasteiger partial charge in [-0.25, -0.2) is 13.8 Å². The molecule has 160 valence electrons. The Hall–Kier alpha value is -1.46. The van der Waals surface area contributed by atoms with Crippen LogP contribution in [0.25, 0.3) is 0 Å². The molecule has 1 heterocycles. The van der Waals surface area contributed by atoms with Gasteiger partial charge in [0.25, 0.3) is 5.91 Å². The molecule has 1 aliphatic rings. The van der Waals surface area contributed by atoms with Crippen LogP contribution in [0.2, 0.25) is 5.02 Å². The Bertz CT molecular complexity index is 1050. The minimum absolute atomic E-state index is 0.100. The van der Waals surface area contributed by atoms with Gasteiger partial charge in [0.2, 0.25) is 10.0 Å². The molecule has 0 aliphatic carbocycles.